The van der Waals surface area contributed by atoms with Crippen molar-refractivity contribution < 1.29 is 4.74 Å². The summed E-state index contributed by atoms with van der Waals surface area (Å²) in [7, 11) is 0. The molecule has 0 atom stereocenters. The Bertz CT molecular complexity index is 335. The summed E-state index contributed by atoms with van der Waals surface area (Å²) in [6.07, 6.45) is 0. The first kappa shape index (κ1) is 8.07. The summed E-state index contributed by atoms with van der Waals surface area (Å²) in [5.41, 5.74) is 3.49. The minimum Gasteiger partial charge on any atom is -0.491 e. The Balaban J connectivity index is 2.47. The quantitative estimate of drug-likeness (QED) is 0.442. The molecule has 1 aliphatic heterocycles. The van der Waals surface area contributed by atoms with Gasteiger partial charge in [-0.05, 0) is 12.1 Å². The van der Waals surface area contributed by atoms with E-state index in [2.05, 4.69) is 10.4 Å². The Morgan fingerprint density at radius 2 is 2.23 bits per heavy atom. The third kappa shape index (κ3) is 1.48. The first-order valence-electron chi connectivity index (χ1n) is 4.15. The number of nitrogens with zero attached hydrogens (tertiary/aromatic N) is 1. The van der Waals surface area contributed by atoms with Gasteiger partial charge >= 0.3 is 0 Å². The van der Waals surface area contributed by atoms with E-state index < -0.39 is 0 Å². The van der Waals surface area contributed by atoms with Crippen molar-refractivity contribution in [3.8, 4) is 5.75 Å². The number of rotatable bonds is 0. The van der Waals surface area contributed by atoms with E-state index in [1.54, 1.807) is 0 Å². The Labute approximate surface area is 76.4 Å². The monoisotopic (exact) mass is 177 g/mol. The van der Waals surface area contributed by atoms with Crippen LogP contribution in [0.25, 0.3) is 0 Å². The number of nitrogens with two attached hydrogens (primary N) is 1. The normalized spacial score (nSPS) is 15.0. The molecule has 68 valence electrons. The summed E-state index contributed by atoms with van der Waals surface area (Å²) in [5, 5.41) is 0. The number of benzene rings is 1. The van der Waals surface area contributed by atoms with Gasteiger partial charge in [0.05, 0.1) is 12.1 Å². The van der Waals surface area contributed by atoms with Gasteiger partial charge in [0.1, 0.15) is 18.2 Å². The number of hydrogen-bond donors (Lipinski definition) is 2. The van der Waals surface area contributed by atoms with Crippen molar-refractivity contribution in [2.24, 2.45) is 10.8 Å². The molecular formula is C9H11N3O. The van der Waals surface area contributed by atoms with Gasteiger partial charge in [-0.25, -0.2) is 5.84 Å². The molecule has 0 spiro atoms. The van der Waals surface area contributed by atoms with Crippen LogP contribution < -0.4 is 16.0 Å². The first-order valence-corrected chi connectivity index (χ1v) is 4.15. The molecule has 2 rings (SSSR count). The zero-order valence-corrected chi connectivity index (χ0v) is 7.16. The van der Waals surface area contributed by atoms with Gasteiger partial charge in [-0.1, -0.05) is 12.1 Å². The van der Waals surface area contributed by atoms with Gasteiger partial charge in [0, 0.05) is 0 Å². The standard InChI is InChI=1S/C9H11N3O/c10-12-9-7-3-1-2-4-8(7)13-6-5-11-9/h1-4H,5-6,10H2,(H,11,12). The van der Waals surface area contributed by atoms with E-state index in [9.17, 15) is 0 Å². The molecule has 1 heterocycles. The molecule has 13 heavy (non-hydrogen) atoms. The topological polar surface area (TPSA) is 59.6 Å². The third-order valence-electron chi connectivity index (χ3n) is 1.90. The lowest BCUT2D eigenvalue weighted by atomic mass is 10.2. The minimum absolute atomic E-state index is 0.599. The summed E-state index contributed by atoms with van der Waals surface area (Å²) in [6, 6.07) is 7.70. The van der Waals surface area contributed by atoms with Crippen molar-refractivity contribution in [1.82, 2.24) is 5.43 Å². The van der Waals surface area contributed by atoms with Gasteiger partial charge in [0.15, 0.2) is 0 Å². The molecule has 0 saturated carbocycles. The molecule has 0 unspecified atom stereocenters. The molecule has 0 amide bonds. The summed E-state index contributed by atoms with van der Waals surface area (Å²) in [4.78, 5) is 4.24. The highest BCUT2D eigenvalue weighted by Gasteiger charge is 2.11. The predicted octanol–water partition coefficient (Wildman–Crippen LogP) is 0.289. The molecule has 0 saturated heterocycles. The van der Waals surface area contributed by atoms with E-state index in [1.165, 1.54) is 0 Å². The van der Waals surface area contributed by atoms with Crippen molar-refractivity contribution >= 4 is 5.84 Å². The lowest BCUT2D eigenvalue weighted by Crippen LogP contribution is -2.31. The first-order chi connectivity index (χ1) is 6.42. The van der Waals surface area contributed by atoms with Gasteiger partial charge in [0.25, 0.3) is 0 Å². The average molecular weight is 177 g/mol. The number of amidine groups is 1. The molecule has 0 bridgehead atoms. The average Bonchev–Trinajstić information content (AvgIpc) is 2.39. The van der Waals surface area contributed by atoms with Gasteiger partial charge in [-0.2, -0.15) is 0 Å². The minimum atomic E-state index is 0.599. The maximum atomic E-state index is 5.47. The lowest BCUT2D eigenvalue weighted by molar-refractivity contribution is 0.331. The Kier molecular flexibility index (Phi) is 2.14. The van der Waals surface area contributed by atoms with E-state index >= 15 is 0 Å². The van der Waals surface area contributed by atoms with Gasteiger partial charge in [-0.15, -0.1) is 0 Å². The van der Waals surface area contributed by atoms with Crippen LogP contribution in [0.5, 0.6) is 5.75 Å². The van der Waals surface area contributed by atoms with Crippen LogP contribution in [0.4, 0.5) is 0 Å². The second-order valence-electron chi connectivity index (χ2n) is 2.72. The van der Waals surface area contributed by atoms with Crippen molar-refractivity contribution in [2.45, 2.75) is 0 Å². The van der Waals surface area contributed by atoms with E-state index in [4.69, 9.17) is 10.6 Å². The van der Waals surface area contributed by atoms with Crippen molar-refractivity contribution in [1.29, 1.82) is 0 Å². The molecular weight excluding hydrogens is 166 g/mol. The van der Waals surface area contributed by atoms with Crippen LogP contribution in [0.1, 0.15) is 5.56 Å². The second-order valence-corrected chi connectivity index (χ2v) is 2.72. The van der Waals surface area contributed by atoms with Gasteiger partial charge < -0.3 is 10.2 Å². The molecule has 0 fully saturated rings. The zero-order chi connectivity index (χ0) is 9.10. The summed E-state index contributed by atoms with van der Waals surface area (Å²) in [5.74, 6) is 6.87. The fourth-order valence-corrected chi connectivity index (χ4v) is 1.31. The van der Waals surface area contributed by atoms with Crippen LogP contribution in [-0.4, -0.2) is 19.0 Å². The van der Waals surface area contributed by atoms with Crippen molar-refractivity contribution in [3.05, 3.63) is 29.8 Å². The van der Waals surface area contributed by atoms with Crippen molar-refractivity contribution in [2.75, 3.05) is 13.2 Å². The highest BCUT2D eigenvalue weighted by Crippen LogP contribution is 2.19. The van der Waals surface area contributed by atoms with Crippen LogP contribution >= 0.6 is 0 Å². The van der Waals surface area contributed by atoms with E-state index in [-0.39, 0.29) is 0 Å². The van der Waals surface area contributed by atoms with Gasteiger partial charge in [-0.3, -0.25) is 4.99 Å². The molecule has 0 radical (unpaired) electrons. The molecule has 0 aliphatic carbocycles. The summed E-state index contributed by atoms with van der Waals surface area (Å²) in [6.45, 7) is 1.23. The van der Waals surface area contributed by atoms with Crippen LogP contribution in [-0.2, 0) is 0 Å². The smallest absolute Gasteiger partial charge is 0.146 e. The predicted molar refractivity (Wildman–Crippen MR) is 50.7 cm³/mol. The Morgan fingerprint density at radius 3 is 3.08 bits per heavy atom. The molecule has 1 aliphatic rings. The summed E-state index contributed by atoms with van der Waals surface area (Å²) >= 11 is 0. The molecule has 3 N–H and O–H groups in total. The molecule has 4 heteroatoms. The second kappa shape index (κ2) is 3.45. The van der Waals surface area contributed by atoms with E-state index in [0.717, 1.165) is 11.3 Å². The molecule has 1 aromatic carbocycles. The molecule has 1 aromatic rings. The fourth-order valence-electron chi connectivity index (χ4n) is 1.31. The summed E-state index contributed by atoms with van der Waals surface area (Å²) < 4.78 is 5.47. The largest absolute Gasteiger partial charge is 0.491 e. The van der Waals surface area contributed by atoms with Crippen LogP contribution in [0.15, 0.2) is 29.3 Å². The number of hydrogen-bond acceptors (Lipinski definition) is 4. The van der Waals surface area contributed by atoms with Crippen LogP contribution in [0.2, 0.25) is 0 Å². The number of aliphatic imine (C=N–C) groups is 1. The number of para-hydroxylation sites is 1. The SMILES string of the molecule is NNC1=NCCOc2ccccc21. The van der Waals surface area contributed by atoms with Gasteiger partial charge in [0.2, 0.25) is 0 Å². The van der Waals surface area contributed by atoms with E-state index in [1.807, 2.05) is 24.3 Å². The lowest BCUT2D eigenvalue weighted by Gasteiger charge is -2.07. The Hall–Kier alpha value is -1.55. The molecule has 4 nitrogen and oxygen atoms in total. The van der Waals surface area contributed by atoms with Crippen LogP contribution in [0, 0.1) is 0 Å². The van der Waals surface area contributed by atoms with Crippen LogP contribution in [0.3, 0.4) is 0 Å². The third-order valence-corrected chi connectivity index (χ3v) is 1.90. The molecule has 0 aromatic heterocycles. The maximum Gasteiger partial charge on any atom is 0.146 e. The number of fused-ring (bicyclic) bond motifs is 1. The van der Waals surface area contributed by atoms with E-state index in [0.29, 0.717) is 19.0 Å². The fraction of sp³-hybridized carbons (Fsp3) is 0.222. The maximum absolute atomic E-state index is 5.47. The number of hydrazine groups is 1. The number of nitrogens with one attached hydrogen (secondary N) is 1. The highest BCUT2D eigenvalue weighted by molar-refractivity contribution is 6.01. The van der Waals surface area contributed by atoms with Crippen molar-refractivity contribution in [3.63, 3.8) is 0 Å². The highest BCUT2D eigenvalue weighted by atomic mass is 16.5. The Morgan fingerprint density at radius 1 is 1.38 bits per heavy atom. The zero-order valence-electron chi connectivity index (χ0n) is 7.16. The number of ether oxygens (including phenoxy) is 1.